The molecule has 2 heterocycles. The Hall–Kier alpha value is -2.45. The minimum Gasteiger partial charge on any atom is -0.337 e. The molecule has 2 aromatic heterocycles. The number of aryl methyl sites for hydroxylation is 1. The summed E-state index contributed by atoms with van der Waals surface area (Å²) < 4.78 is 2.89. The van der Waals surface area contributed by atoms with Crippen LogP contribution < -0.4 is 5.32 Å². The molecule has 0 unspecified atom stereocenters. The van der Waals surface area contributed by atoms with E-state index in [1.54, 1.807) is 60.1 Å². The number of amides is 2. The van der Waals surface area contributed by atoms with E-state index in [0.717, 1.165) is 8.66 Å². The van der Waals surface area contributed by atoms with Gasteiger partial charge in [0.2, 0.25) is 5.91 Å². The highest BCUT2D eigenvalue weighted by Crippen LogP contribution is 2.23. The fourth-order valence-electron chi connectivity index (χ4n) is 2.57. The van der Waals surface area contributed by atoms with Crippen molar-refractivity contribution in [3.8, 4) is 0 Å². The molecular weight excluding hydrogens is 428 g/mol. The summed E-state index contributed by atoms with van der Waals surface area (Å²) in [5, 5.41) is 2.84. The van der Waals surface area contributed by atoms with Gasteiger partial charge in [-0.1, -0.05) is 6.07 Å². The standard InChI is InChI=1S/C19H19BrN4O2S/c1-23(12-16-5-6-17(20)27-16)19(26)14-3-2-4-15(11-14)22-18(25)7-9-24-10-8-21-13-24/h2-6,8,10-11,13H,7,9,12H2,1H3,(H,22,25). The van der Waals surface area contributed by atoms with Crippen molar-refractivity contribution >= 4 is 44.8 Å². The molecule has 0 fully saturated rings. The number of benzene rings is 1. The number of nitrogens with one attached hydrogen (secondary N) is 1. The highest BCUT2D eigenvalue weighted by atomic mass is 79.9. The number of thiophene rings is 1. The largest absolute Gasteiger partial charge is 0.337 e. The van der Waals surface area contributed by atoms with E-state index < -0.39 is 0 Å². The monoisotopic (exact) mass is 446 g/mol. The molecule has 0 bridgehead atoms. The van der Waals surface area contributed by atoms with Gasteiger partial charge in [-0.05, 0) is 46.3 Å². The Morgan fingerprint density at radius 1 is 1.30 bits per heavy atom. The first-order chi connectivity index (χ1) is 13.0. The molecule has 8 heteroatoms. The first-order valence-electron chi connectivity index (χ1n) is 8.36. The Labute approximate surface area is 170 Å². The summed E-state index contributed by atoms with van der Waals surface area (Å²) in [7, 11) is 1.77. The summed E-state index contributed by atoms with van der Waals surface area (Å²) in [5.41, 5.74) is 1.16. The molecule has 0 aliphatic carbocycles. The van der Waals surface area contributed by atoms with Crippen LogP contribution in [0.25, 0.3) is 0 Å². The fourth-order valence-corrected chi connectivity index (χ4v) is 4.10. The van der Waals surface area contributed by atoms with Crippen molar-refractivity contribution in [1.29, 1.82) is 0 Å². The molecule has 0 atom stereocenters. The van der Waals surface area contributed by atoms with Gasteiger partial charge in [0.25, 0.3) is 5.91 Å². The van der Waals surface area contributed by atoms with E-state index in [1.807, 2.05) is 22.9 Å². The maximum Gasteiger partial charge on any atom is 0.253 e. The Morgan fingerprint density at radius 3 is 2.85 bits per heavy atom. The quantitative estimate of drug-likeness (QED) is 0.595. The van der Waals surface area contributed by atoms with Crippen molar-refractivity contribution < 1.29 is 9.59 Å². The molecule has 6 nitrogen and oxygen atoms in total. The zero-order valence-electron chi connectivity index (χ0n) is 14.8. The van der Waals surface area contributed by atoms with Crippen molar-refractivity contribution in [3.63, 3.8) is 0 Å². The summed E-state index contributed by atoms with van der Waals surface area (Å²) in [6, 6.07) is 11.0. The lowest BCUT2D eigenvalue weighted by atomic mass is 10.1. The number of rotatable bonds is 7. The summed E-state index contributed by atoms with van der Waals surface area (Å²) >= 11 is 5.04. The molecule has 3 aromatic rings. The van der Waals surface area contributed by atoms with Crippen LogP contribution in [-0.2, 0) is 17.9 Å². The van der Waals surface area contributed by atoms with Crippen LogP contribution in [-0.4, -0.2) is 33.3 Å². The third kappa shape index (κ3) is 5.51. The number of carbonyl (C=O) groups excluding carboxylic acids is 2. The summed E-state index contributed by atoms with van der Waals surface area (Å²) in [6.07, 6.45) is 5.50. The van der Waals surface area contributed by atoms with Crippen molar-refractivity contribution in [1.82, 2.24) is 14.5 Å². The number of anilines is 1. The second kappa shape index (κ2) is 8.96. The van der Waals surface area contributed by atoms with Gasteiger partial charge in [0.15, 0.2) is 0 Å². The molecule has 0 saturated heterocycles. The van der Waals surface area contributed by atoms with Gasteiger partial charge in [-0.15, -0.1) is 11.3 Å². The Kier molecular flexibility index (Phi) is 6.41. The van der Waals surface area contributed by atoms with Gasteiger partial charge < -0.3 is 14.8 Å². The number of carbonyl (C=O) groups is 2. The van der Waals surface area contributed by atoms with Crippen molar-refractivity contribution in [2.75, 3.05) is 12.4 Å². The van der Waals surface area contributed by atoms with Crippen LogP contribution in [0.2, 0.25) is 0 Å². The van der Waals surface area contributed by atoms with Crippen LogP contribution in [0, 0.1) is 0 Å². The van der Waals surface area contributed by atoms with Gasteiger partial charge in [-0.3, -0.25) is 9.59 Å². The van der Waals surface area contributed by atoms with Crippen molar-refractivity contribution in [2.45, 2.75) is 19.5 Å². The van der Waals surface area contributed by atoms with Gasteiger partial charge in [-0.2, -0.15) is 0 Å². The molecule has 2 amide bonds. The molecule has 0 aliphatic rings. The van der Waals surface area contributed by atoms with Gasteiger partial charge in [-0.25, -0.2) is 4.98 Å². The minimum absolute atomic E-state index is 0.0889. The maximum atomic E-state index is 12.7. The van der Waals surface area contributed by atoms with Gasteiger partial charge in [0.1, 0.15) is 0 Å². The molecule has 27 heavy (non-hydrogen) atoms. The summed E-state index contributed by atoms with van der Waals surface area (Å²) in [6.45, 7) is 1.10. The lowest BCUT2D eigenvalue weighted by molar-refractivity contribution is -0.116. The molecule has 0 aliphatic heterocycles. The van der Waals surface area contributed by atoms with Gasteiger partial charge in [0.05, 0.1) is 16.7 Å². The van der Waals surface area contributed by atoms with E-state index in [4.69, 9.17) is 0 Å². The lowest BCUT2D eigenvalue weighted by Gasteiger charge is -2.17. The Morgan fingerprint density at radius 2 is 2.15 bits per heavy atom. The highest BCUT2D eigenvalue weighted by molar-refractivity contribution is 9.11. The third-order valence-corrected chi connectivity index (χ3v) is 5.53. The summed E-state index contributed by atoms with van der Waals surface area (Å²) in [5.74, 6) is -0.195. The topological polar surface area (TPSA) is 67.2 Å². The van der Waals surface area contributed by atoms with E-state index in [1.165, 1.54) is 0 Å². The minimum atomic E-state index is -0.106. The van der Waals surface area contributed by atoms with Crippen molar-refractivity contribution in [3.05, 3.63) is 69.3 Å². The first kappa shape index (κ1) is 19.3. The normalized spacial score (nSPS) is 10.6. The SMILES string of the molecule is CN(Cc1ccc(Br)s1)C(=O)c1cccc(NC(=O)CCn2ccnc2)c1. The molecule has 1 N–H and O–H groups in total. The van der Waals surface area contributed by atoms with Gasteiger partial charge in [0, 0.05) is 48.5 Å². The van der Waals surface area contributed by atoms with E-state index in [-0.39, 0.29) is 11.8 Å². The number of hydrogen-bond donors (Lipinski definition) is 1. The van der Waals surface area contributed by atoms with Crippen LogP contribution in [0.4, 0.5) is 5.69 Å². The second-order valence-electron chi connectivity index (χ2n) is 6.05. The van der Waals surface area contributed by atoms with Crippen LogP contribution in [0.5, 0.6) is 0 Å². The number of nitrogens with zero attached hydrogens (tertiary/aromatic N) is 3. The van der Waals surface area contributed by atoms with Crippen LogP contribution in [0.15, 0.2) is 58.9 Å². The smallest absolute Gasteiger partial charge is 0.253 e. The molecule has 0 saturated carbocycles. The fraction of sp³-hybridized carbons (Fsp3) is 0.211. The lowest BCUT2D eigenvalue weighted by Crippen LogP contribution is -2.26. The number of halogens is 1. The van der Waals surface area contributed by atoms with Crippen LogP contribution in [0.3, 0.4) is 0 Å². The predicted octanol–water partition coefficient (Wildman–Crippen LogP) is 4.01. The zero-order chi connectivity index (χ0) is 19.2. The van der Waals surface area contributed by atoms with Crippen molar-refractivity contribution in [2.24, 2.45) is 0 Å². The second-order valence-corrected chi connectivity index (χ2v) is 8.59. The number of aromatic nitrogens is 2. The first-order valence-corrected chi connectivity index (χ1v) is 9.97. The van der Waals surface area contributed by atoms with Gasteiger partial charge >= 0.3 is 0 Å². The highest BCUT2D eigenvalue weighted by Gasteiger charge is 2.14. The van der Waals surface area contributed by atoms with E-state index >= 15 is 0 Å². The van der Waals surface area contributed by atoms with E-state index in [2.05, 4.69) is 26.2 Å². The molecular formula is C19H19BrN4O2S. The molecule has 3 rings (SSSR count). The number of imidazole rings is 1. The number of hydrogen-bond acceptors (Lipinski definition) is 4. The molecule has 0 spiro atoms. The maximum absolute atomic E-state index is 12.7. The van der Waals surface area contributed by atoms with E-state index in [0.29, 0.717) is 30.8 Å². The molecule has 0 radical (unpaired) electrons. The average molecular weight is 447 g/mol. The summed E-state index contributed by atoms with van der Waals surface area (Å²) in [4.78, 5) is 31.5. The Bertz CT molecular complexity index is 923. The average Bonchev–Trinajstić information content (AvgIpc) is 3.31. The molecule has 1 aromatic carbocycles. The predicted molar refractivity (Wildman–Crippen MR) is 110 cm³/mol. The van der Waals surface area contributed by atoms with Crippen LogP contribution >= 0.6 is 27.3 Å². The van der Waals surface area contributed by atoms with E-state index in [9.17, 15) is 9.59 Å². The third-order valence-electron chi connectivity index (χ3n) is 3.92. The molecule has 140 valence electrons. The zero-order valence-corrected chi connectivity index (χ0v) is 17.2. The Balaban J connectivity index is 1.58. The van der Waals surface area contributed by atoms with Crippen LogP contribution in [0.1, 0.15) is 21.7 Å².